The number of aryl methyl sites for hydroxylation is 1. The van der Waals surface area contributed by atoms with Crippen molar-refractivity contribution < 1.29 is 9.53 Å². The van der Waals surface area contributed by atoms with Crippen molar-refractivity contribution in [1.82, 2.24) is 10.6 Å². The summed E-state index contributed by atoms with van der Waals surface area (Å²) < 4.78 is 5.59. The minimum Gasteiger partial charge on any atom is -0.491 e. The van der Waals surface area contributed by atoms with E-state index < -0.39 is 0 Å². The van der Waals surface area contributed by atoms with E-state index in [9.17, 15) is 4.79 Å². The van der Waals surface area contributed by atoms with Crippen molar-refractivity contribution in [2.75, 3.05) is 26.2 Å². The van der Waals surface area contributed by atoms with Crippen LogP contribution < -0.4 is 15.4 Å². The van der Waals surface area contributed by atoms with E-state index >= 15 is 0 Å². The highest BCUT2D eigenvalue weighted by atomic mass is 16.5. The molecule has 0 spiro atoms. The molecule has 1 amide bonds. The Balaban J connectivity index is 1.66. The van der Waals surface area contributed by atoms with Crippen molar-refractivity contribution in [3.63, 3.8) is 0 Å². The molecule has 0 radical (unpaired) electrons. The van der Waals surface area contributed by atoms with Gasteiger partial charge < -0.3 is 15.4 Å². The first-order valence-corrected chi connectivity index (χ1v) is 5.94. The van der Waals surface area contributed by atoms with E-state index in [1.54, 1.807) is 0 Å². The van der Waals surface area contributed by atoms with E-state index in [-0.39, 0.29) is 11.8 Å². The lowest BCUT2D eigenvalue weighted by atomic mass is 10.0. The van der Waals surface area contributed by atoms with Gasteiger partial charge in [0, 0.05) is 13.1 Å². The summed E-state index contributed by atoms with van der Waals surface area (Å²) in [5.41, 5.74) is 1.11. The van der Waals surface area contributed by atoms with Crippen LogP contribution in [0.25, 0.3) is 0 Å². The van der Waals surface area contributed by atoms with Gasteiger partial charge in [0.1, 0.15) is 12.4 Å². The summed E-state index contributed by atoms with van der Waals surface area (Å²) >= 11 is 0. The van der Waals surface area contributed by atoms with Gasteiger partial charge in [-0.1, -0.05) is 18.2 Å². The molecule has 4 nitrogen and oxygen atoms in total. The summed E-state index contributed by atoms with van der Waals surface area (Å²) in [5, 5.41) is 5.94. The van der Waals surface area contributed by atoms with Crippen LogP contribution in [0.3, 0.4) is 0 Å². The van der Waals surface area contributed by atoms with E-state index in [1.165, 1.54) is 0 Å². The minimum atomic E-state index is 0.122. The zero-order chi connectivity index (χ0) is 12.1. The zero-order valence-corrected chi connectivity index (χ0v) is 10.0. The minimum absolute atomic E-state index is 0.122. The molecule has 1 aliphatic heterocycles. The molecule has 17 heavy (non-hydrogen) atoms. The normalized spacial score (nSPS) is 15.1. The largest absolute Gasteiger partial charge is 0.491 e. The Hall–Kier alpha value is -1.55. The number of ether oxygens (including phenoxy) is 1. The summed E-state index contributed by atoms with van der Waals surface area (Å²) in [6.07, 6.45) is 0. The lowest BCUT2D eigenvalue weighted by Gasteiger charge is -2.25. The third-order valence-electron chi connectivity index (χ3n) is 2.90. The first-order chi connectivity index (χ1) is 8.27. The fourth-order valence-corrected chi connectivity index (χ4v) is 1.67. The summed E-state index contributed by atoms with van der Waals surface area (Å²) in [7, 11) is 0. The molecule has 4 heteroatoms. The Labute approximate surface area is 101 Å². The van der Waals surface area contributed by atoms with Gasteiger partial charge in [-0.3, -0.25) is 4.79 Å². The van der Waals surface area contributed by atoms with Gasteiger partial charge in [0.2, 0.25) is 5.91 Å². The monoisotopic (exact) mass is 234 g/mol. The molecule has 1 heterocycles. The summed E-state index contributed by atoms with van der Waals surface area (Å²) in [5.74, 6) is 1.15. The van der Waals surface area contributed by atoms with Crippen LogP contribution in [-0.2, 0) is 4.79 Å². The molecule has 2 rings (SSSR count). The van der Waals surface area contributed by atoms with Crippen molar-refractivity contribution in [1.29, 1.82) is 0 Å². The van der Waals surface area contributed by atoms with Gasteiger partial charge in [0.15, 0.2) is 0 Å². The number of amides is 1. The van der Waals surface area contributed by atoms with E-state index in [0.29, 0.717) is 13.2 Å². The molecule has 0 aliphatic carbocycles. The first-order valence-electron chi connectivity index (χ1n) is 5.94. The maximum Gasteiger partial charge on any atom is 0.225 e. The predicted octanol–water partition coefficient (Wildman–Crippen LogP) is 0.709. The third-order valence-corrected chi connectivity index (χ3v) is 2.90. The van der Waals surface area contributed by atoms with Crippen LogP contribution in [-0.4, -0.2) is 32.1 Å². The standard InChI is InChI=1S/C13H18N2O2/c1-10-4-2-3-5-12(10)17-7-6-15-13(16)11-8-14-9-11/h2-5,11,14H,6-9H2,1H3,(H,15,16). The smallest absolute Gasteiger partial charge is 0.225 e. The molecule has 0 unspecified atom stereocenters. The van der Waals surface area contributed by atoms with Crippen LogP contribution in [0.1, 0.15) is 5.56 Å². The second-order valence-corrected chi connectivity index (χ2v) is 4.26. The fourth-order valence-electron chi connectivity index (χ4n) is 1.67. The number of hydrogen-bond donors (Lipinski definition) is 2. The highest BCUT2D eigenvalue weighted by Crippen LogP contribution is 2.15. The number of carbonyl (C=O) groups excluding carboxylic acids is 1. The average Bonchev–Trinajstić information content (AvgIpc) is 2.24. The zero-order valence-electron chi connectivity index (χ0n) is 10.0. The van der Waals surface area contributed by atoms with Gasteiger partial charge in [0.05, 0.1) is 12.5 Å². The van der Waals surface area contributed by atoms with Gasteiger partial charge >= 0.3 is 0 Å². The van der Waals surface area contributed by atoms with E-state index in [4.69, 9.17) is 4.74 Å². The highest BCUT2D eigenvalue weighted by molar-refractivity contribution is 5.79. The van der Waals surface area contributed by atoms with Crippen molar-refractivity contribution in [2.45, 2.75) is 6.92 Å². The molecule has 1 aromatic carbocycles. The van der Waals surface area contributed by atoms with Crippen LogP contribution >= 0.6 is 0 Å². The molecule has 1 aromatic rings. The van der Waals surface area contributed by atoms with Gasteiger partial charge in [-0.25, -0.2) is 0 Å². The molecule has 0 atom stereocenters. The SMILES string of the molecule is Cc1ccccc1OCCNC(=O)C1CNC1. The van der Waals surface area contributed by atoms with Crippen LogP contribution in [0.2, 0.25) is 0 Å². The molecule has 92 valence electrons. The predicted molar refractivity (Wildman–Crippen MR) is 66.0 cm³/mol. The second-order valence-electron chi connectivity index (χ2n) is 4.26. The first kappa shape index (κ1) is 11.9. The van der Waals surface area contributed by atoms with Gasteiger partial charge in [-0.15, -0.1) is 0 Å². The van der Waals surface area contributed by atoms with Crippen molar-refractivity contribution >= 4 is 5.91 Å². The van der Waals surface area contributed by atoms with E-state index in [0.717, 1.165) is 24.4 Å². The molecule has 0 bridgehead atoms. The topological polar surface area (TPSA) is 50.4 Å². The van der Waals surface area contributed by atoms with Crippen molar-refractivity contribution in [3.8, 4) is 5.75 Å². The molecule has 1 saturated heterocycles. The third kappa shape index (κ3) is 3.20. The van der Waals surface area contributed by atoms with Gasteiger partial charge in [-0.05, 0) is 18.6 Å². The van der Waals surface area contributed by atoms with Crippen LogP contribution in [0, 0.1) is 12.8 Å². The quantitative estimate of drug-likeness (QED) is 0.738. The Morgan fingerprint density at radius 2 is 2.24 bits per heavy atom. The number of para-hydroxylation sites is 1. The molecule has 1 aliphatic rings. The van der Waals surface area contributed by atoms with Crippen molar-refractivity contribution in [2.24, 2.45) is 5.92 Å². The number of carbonyl (C=O) groups is 1. The maximum absolute atomic E-state index is 11.5. The Morgan fingerprint density at radius 1 is 1.47 bits per heavy atom. The molecule has 1 fully saturated rings. The summed E-state index contributed by atoms with van der Waals surface area (Å²) in [6, 6.07) is 7.87. The maximum atomic E-state index is 11.5. The Morgan fingerprint density at radius 3 is 2.88 bits per heavy atom. The molecule has 0 saturated carbocycles. The Bertz CT molecular complexity index is 389. The number of nitrogens with one attached hydrogen (secondary N) is 2. The van der Waals surface area contributed by atoms with Gasteiger partial charge in [-0.2, -0.15) is 0 Å². The average molecular weight is 234 g/mol. The van der Waals surface area contributed by atoms with E-state index in [1.807, 2.05) is 31.2 Å². The molecule has 2 N–H and O–H groups in total. The molecular formula is C13H18N2O2. The molecular weight excluding hydrogens is 216 g/mol. The number of hydrogen-bond acceptors (Lipinski definition) is 3. The van der Waals surface area contributed by atoms with Crippen LogP contribution in [0.5, 0.6) is 5.75 Å². The Kier molecular flexibility index (Phi) is 3.98. The van der Waals surface area contributed by atoms with E-state index in [2.05, 4.69) is 10.6 Å². The molecule has 0 aromatic heterocycles. The number of rotatable bonds is 5. The summed E-state index contributed by atoms with van der Waals surface area (Å²) in [4.78, 5) is 11.5. The lowest BCUT2D eigenvalue weighted by Crippen LogP contribution is -2.51. The highest BCUT2D eigenvalue weighted by Gasteiger charge is 2.24. The van der Waals surface area contributed by atoms with Crippen LogP contribution in [0.15, 0.2) is 24.3 Å². The van der Waals surface area contributed by atoms with Gasteiger partial charge in [0.25, 0.3) is 0 Å². The fraction of sp³-hybridized carbons (Fsp3) is 0.462. The van der Waals surface area contributed by atoms with Crippen molar-refractivity contribution in [3.05, 3.63) is 29.8 Å². The van der Waals surface area contributed by atoms with Crippen LogP contribution in [0.4, 0.5) is 0 Å². The lowest BCUT2D eigenvalue weighted by molar-refractivity contribution is -0.126. The second kappa shape index (κ2) is 5.68. The number of benzene rings is 1. The summed E-state index contributed by atoms with van der Waals surface area (Å²) in [6.45, 7) is 4.67.